The summed E-state index contributed by atoms with van der Waals surface area (Å²) in [5.74, 6) is -0.165. The molecule has 0 atom stereocenters. The summed E-state index contributed by atoms with van der Waals surface area (Å²) < 4.78 is 13.7. The minimum atomic E-state index is -0.234. The molecule has 1 aliphatic carbocycles. The number of nitrogens with zero attached hydrogens (tertiary/aromatic N) is 1. The van der Waals surface area contributed by atoms with Crippen LogP contribution < -0.4 is 5.32 Å². The van der Waals surface area contributed by atoms with Crippen LogP contribution in [0.3, 0.4) is 0 Å². The number of hydrogen-bond donors (Lipinski definition) is 1. The predicted molar refractivity (Wildman–Crippen MR) is 73.1 cm³/mol. The quantitative estimate of drug-likeness (QED) is 0.767. The summed E-state index contributed by atoms with van der Waals surface area (Å²) in [5.41, 5.74) is 0.596. The lowest BCUT2D eigenvalue weighted by molar-refractivity contribution is -0.131. The van der Waals surface area contributed by atoms with Crippen LogP contribution in [-0.4, -0.2) is 29.9 Å². The Morgan fingerprint density at radius 3 is 2.79 bits per heavy atom. The summed E-state index contributed by atoms with van der Waals surface area (Å²) in [7, 11) is 0. The van der Waals surface area contributed by atoms with Gasteiger partial charge < -0.3 is 10.2 Å². The average Bonchev–Trinajstić information content (AvgIpc) is 3.22. The molecule has 1 fully saturated rings. The number of carbonyl (C=O) groups excluding carboxylic acids is 1. The number of nitrogens with one attached hydrogen (secondary N) is 1. The third-order valence-electron chi connectivity index (χ3n) is 3.31. The minimum absolute atomic E-state index is 0.0687. The van der Waals surface area contributed by atoms with Crippen molar-refractivity contribution in [2.45, 2.75) is 38.8 Å². The van der Waals surface area contributed by atoms with E-state index in [0.29, 0.717) is 24.7 Å². The zero-order valence-corrected chi connectivity index (χ0v) is 11.4. The Balaban J connectivity index is 1.96. The normalized spacial score (nSPS) is 14.4. The summed E-state index contributed by atoms with van der Waals surface area (Å²) in [5, 5.41) is 3.11. The predicted octanol–water partition coefficient (Wildman–Crippen LogP) is 2.32. The van der Waals surface area contributed by atoms with E-state index in [2.05, 4.69) is 12.2 Å². The van der Waals surface area contributed by atoms with E-state index in [4.69, 9.17) is 0 Å². The van der Waals surface area contributed by atoms with Crippen molar-refractivity contribution in [2.24, 2.45) is 0 Å². The van der Waals surface area contributed by atoms with Crippen molar-refractivity contribution in [1.29, 1.82) is 0 Å². The molecule has 19 heavy (non-hydrogen) atoms. The second-order valence-corrected chi connectivity index (χ2v) is 5.02. The van der Waals surface area contributed by atoms with Gasteiger partial charge in [-0.05, 0) is 31.9 Å². The molecule has 0 saturated heterocycles. The first-order valence-electron chi connectivity index (χ1n) is 6.96. The van der Waals surface area contributed by atoms with Gasteiger partial charge in [-0.2, -0.15) is 0 Å². The van der Waals surface area contributed by atoms with Crippen LogP contribution in [0.5, 0.6) is 0 Å². The molecule has 104 valence electrons. The molecule has 1 saturated carbocycles. The maximum absolute atomic E-state index is 13.7. The highest BCUT2D eigenvalue weighted by atomic mass is 19.1. The van der Waals surface area contributed by atoms with E-state index in [9.17, 15) is 9.18 Å². The van der Waals surface area contributed by atoms with Crippen LogP contribution in [-0.2, 0) is 11.3 Å². The molecular formula is C15H21FN2O. The Labute approximate surface area is 113 Å². The average molecular weight is 264 g/mol. The van der Waals surface area contributed by atoms with Crippen molar-refractivity contribution in [3.8, 4) is 0 Å². The van der Waals surface area contributed by atoms with E-state index in [-0.39, 0.29) is 11.7 Å². The monoisotopic (exact) mass is 264 g/mol. The van der Waals surface area contributed by atoms with E-state index < -0.39 is 0 Å². The highest BCUT2D eigenvalue weighted by molar-refractivity contribution is 5.79. The third-order valence-corrected chi connectivity index (χ3v) is 3.31. The number of hydrogen-bond acceptors (Lipinski definition) is 2. The topological polar surface area (TPSA) is 32.3 Å². The first kappa shape index (κ1) is 14.0. The highest BCUT2D eigenvalue weighted by Gasteiger charge is 2.32. The van der Waals surface area contributed by atoms with Crippen LogP contribution in [0.15, 0.2) is 24.3 Å². The van der Waals surface area contributed by atoms with Gasteiger partial charge in [-0.15, -0.1) is 0 Å². The molecule has 0 heterocycles. The van der Waals surface area contributed by atoms with Crippen molar-refractivity contribution < 1.29 is 9.18 Å². The Morgan fingerprint density at radius 1 is 1.42 bits per heavy atom. The Bertz CT molecular complexity index is 432. The van der Waals surface area contributed by atoms with E-state index in [1.54, 1.807) is 17.0 Å². The maximum Gasteiger partial charge on any atom is 0.237 e. The number of amides is 1. The summed E-state index contributed by atoms with van der Waals surface area (Å²) >= 11 is 0. The van der Waals surface area contributed by atoms with Crippen LogP contribution >= 0.6 is 0 Å². The lowest BCUT2D eigenvalue weighted by atomic mass is 10.2. The zero-order valence-electron chi connectivity index (χ0n) is 11.4. The minimum Gasteiger partial charge on any atom is -0.334 e. The Kier molecular flexibility index (Phi) is 4.91. The second kappa shape index (κ2) is 6.66. The van der Waals surface area contributed by atoms with Crippen LogP contribution in [0.4, 0.5) is 4.39 Å². The standard InChI is InChI=1S/C15H21FN2O/c1-2-9-17-10-15(19)18(13-7-8-13)11-12-5-3-4-6-14(12)16/h3-6,13,17H,2,7-11H2,1H3. The molecule has 1 amide bonds. The van der Waals surface area contributed by atoms with E-state index in [1.165, 1.54) is 6.07 Å². The molecule has 2 rings (SSSR count). The molecule has 0 unspecified atom stereocenters. The van der Waals surface area contributed by atoms with E-state index in [1.807, 2.05) is 6.07 Å². The lowest BCUT2D eigenvalue weighted by Gasteiger charge is -2.23. The molecule has 1 aromatic rings. The van der Waals surface area contributed by atoms with Crippen molar-refractivity contribution in [3.63, 3.8) is 0 Å². The Morgan fingerprint density at radius 2 is 2.16 bits per heavy atom. The molecule has 1 aromatic carbocycles. The third kappa shape index (κ3) is 4.03. The largest absolute Gasteiger partial charge is 0.334 e. The summed E-state index contributed by atoms with van der Waals surface area (Å²) in [6.45, 7) is 3.63. The fraction of sp³-hybridized carbons (Fsp3) is 0.533. The van der Waals surface area contributed by atoms with Crippen molar-refractivity contribution >= 4 is 5.91 Å². The van der Waals surface area contributed by atoms with Gasteiger partial charge >= 0.3 is 0 Å². The van der Waals surface area contributed by atoms with Gasteiger partial charge in [0.2, 0.25) is 5.91 Å². The summed E-state index contributed by atoms with van der Waals surface area (Å²) in [6, 6.07) is 6.97. The number of carbonyl (C=O) groups is 1. The van der Waals surface area contributed by atoms with Crippen molar-refractivity contribution in [3.05, 3.63) is 35.6 Å². The molecule has 0 spiro atoms. The fourth-order valence-corrected chi connectivity index (χ4v) is 2.09. The van der Waals surface area contributed by atoms with Gasteiger partial charge in [-0.25, -0.2) is 4.39 Å². The first-order valence-corrected chi connectivity index (χ1v) is 6.96. The molecule has 3 nitrogen and oxygen atoms in total. The molecule has 0 aliphatic heterocycles. The molecular weight excluding hydrogens is 243 g/mol. The SMILES string of the molecule is CCCNCC(=O)N(Cc1ccccc1F)C1CC1. The lowest BCUT2D eigenvalue weighted by Crippen LogP contribution is -2.39. The van der Waals surface area contributed by atoms with Gasteiger partial charge in [0.15, 0.2) is 0 Å². The van der Waals surface area contributed by atoms with Gasteiger partial charge in [-0.3, -0.25) is 4.79 Å². The molecule has 1 aliphatic rings. The smallest absolute Gasteiger partial charge is 0.237 e. The van der Waals surface area contributed by atoms with Crippen LogP contribution in [0, 0.1) is 5.82 Å². The summed E-state index contributed by atoms with van der Waals surface area (Å²) in [6.07, 6.45) is 3.08. The zero-order chi connectivity index (χ0) is 13.7. The number of rotatable bonds is 7. The van der Waals surface area contributed by atoms with Gasteiger partial charge in [0.1, 0.15) is 5.82 Å². The van der Waals surface area contributed by atoms with E-state index in [0.717, 1.165) is 25.8 Å². The number of halogens is 1. The van der Waals surface area contributed by atoms with Gasteiger partial charge in [0.25, 0.3) is 0 Å². The molecule has 1 N–H and O–H groups in total. The van der Waals surface area contributed by atoms with Gasteiger partial charge in [0.05, 0.1) is 6.54 Å². The first-order chi connectivity index (χ1) is 9.22. The van der Waals surface area contributed by atoms with Crippen LogP contribution in [0.25, 0.3) is 0 Å². The van der Waals surface area contributed by atoms with Gasteiger partial charge in [-0.1, -0.05) is 25.1 Å². The fourth-order valence-electron chi connectivity index (χ4n) is 2.09. The van der Waals surface area contributed by atoms with Crippen LogP contribution in [0.2, 0.25) is 0 Å². The second-order valence-electron chi connectivity index (χ2n) is 5.02. The maximum atomic E-state index is 13.7. The van der Waals surface area contributed by atoms with E-state index >= 15 is 0 Å². The molecule has 0 bridgehead atoms. The Hall–Kier alpha value is -1.42. The van der Waals surface area contributed by atoms with Crippen molar-refractivity contribution in [1.82, 2.24) is 10.2 Å². The van der Waals surface area contributed by atoms with Gasteiger partial charge in [0, 0.05) is 18.2 Å². The highest BCUT2D eigenvalue weighted by Crippen LogP contribution is 2.28. The molecule has 0 aromatic heterocycles. The van der Waals surface area contributed by atoms with Crippen molar-refractivity contribution in [2.75, 3.05) is 13.1 Å². The number of benzene rings is 1. The molecule has 0 radical (unpaired) electrons. The van der Waals surface area contributed by atoms with Crippen LogP contribution in [0.1, 0.15) is 31.7 Å². The summed E-state index contributed by atoms with van der Waals surface area (Å²) in [4.78, 5) is 14.0. The molecule has 4 heteroatoms.